The molecule has 0 spiro atoms. The zero-order chi connectivity index (χ0) is 8.27. The minimum Gasteiger partial charge on any atom is -0.385 e. The third-order valence-electron chi connectivity index (χ3n) is 1.69. The van der Waals surface area contributed by atoms with Crippen LogP contribution in [0.1, 0.15) is 6.92 Å². The van der Waals surface area contributed by atoms with Crippen molar-refractivity contribution in [2.45, 2.75) is 13.0 Å². The van der Waals surface area contributed by atoms with Gasteiger partial charge >= 0.3 is 0 Å². The molecular weight excluding hydrogens is 163 g/mol. The van der Waals surface area contributed by atoms with Crippen LogP contribution in [0.25, 0.3) is 0 Å². The number of amidine groups is 1. The third kappa shape index (κ3) is 2.90. The van der Waals surface area contributed by atoms with Gasteiger partial charge in [-0.2, -0.15) is 0 Å². The summed E-state index contributed by atoms with van der Waals surface area (Å²) in [5.74, 6) is 0.796. The number of hydrogen-bond acceptors (Lipinski definition) is 3. The quantitative estimate of drug-likeness (QED) is 0.482. The van der Waals surface area contributed by atoms with Crippen molar-refractivity contribution in [3.8, 4) is 0 Å². The summed E-state index contributed by atoms with van der Waals surface area (Å²) < 4.78 is 0. The molecule has 4 heteroatoms. The van der Waals surface area contributed by atoms with Crippen LogP contribution in [0.3, 0.4) is 0 Å². The Morgan fingerprint density at radius 3 is 3.00 bits per heavy atom. The minimum absolute atomic E-state index is 0. The smallest absolute Gasteiger partial charge is 0.128 e. The van der Waals surface area contributed by atoms with Crippen molar-refractivity contribution in [1.29, 1.82) is 0 Å². The molecule has 1 N–H and O–H groups in total. The average Bonchev–Trinajstić information content (AvgIpc) is 2.36. The Kier molecular flexibility index (Phi) is 5.84. The molecule has 0 aromatic rings. The molecule has 0 saturated heterocycles. The molecule has 63 valence electrons. The van der Waals surface area contributed by atoms with E-state index in [0.717, 1.165) is 25.5 Å². The van der Waals surface area contributed by atoms with Crippen LogP contribution in [-0.4, -0.2) is 71.1 Å². The molecule has 1 heterocycles. The van der Waals surface area contributed by atoms with Crippen molar-refractivity contribution < 1.29 is 5.11 Å². The summed E-state index contributed by atoms with van der Waals surface area (Å²) in [6.45, 7) is 7.87. The maximum Gasteiger partial charge on any atom is 0.128 e. The van der Waals surface area contributed by atoms with Crippen molar-refractivity contribution >= 4 is 35.4 Å². The van der Waals surface area contributed by atoms with Gasteiger partial charge in [0.25, 0.3) is 0 Å². The van der Waals surface area contributed by atoms with Gasteiger partial charge in [0.05, 0.1) is 6.54 Å². The maximum absolute atomic E-state index is 9.24. The molecule has 1 atom stereocenters. The SMILES string of the molecule is C=CCN1CCN=C1C(C)O.[Na]. The first-order valence-corrected chi connectivity index (χ1v) is 3.84. The van der Waals surface area contributed by atoms with Crippen LogP contribution in [0, 0.1) is 0 Å². The Bertz CT molecular complexity index is 180. The van der Waals surface area contributed by atoms with E-state index in [4.69, 9.17) is 0 Å². The van der Waals surface area contributed by atoms with E-state index in [1.165, 1.54) is 0 Å². The van der Waals surface area contributed by atoms with Crippen molar-refractivity contribution in [3.63, 3.8) is 0 Å². The number of rotatable bonds is 3. The van der Waals surface area contributed by atoms with E-state index in [1.807, 2.05) is 11.0 Å². The number of nitrogens with zero attached hydrogens (tertiary/aromatic N) is 2. The molecule has 1 aliphatic rings. The summed E-state index contributed by atoms with van der Waals surface area (Å²) in [5.41, 5.74) is 0. The molecule has 0 fully saturated rings. The van der Waals surface area contributed by atoms with Gasteiger partial charge in [-0.25, -0.2) is 0 Å². The average molecular weight is 177 g/mol. The monoisotopic (exact) mass is 177 g/mol. The second-order valence-corrected chi connectivity index (χ2v) is 2.65. The topological polar surface area (TPSA) is 35.8 Å². The Hall–Kier alpha value is 0.170. The van der Waals surface area contributed by atoms with Gasteiger partial charge in [0.1, 0.15) is 11.9 Å². The molecule has 1 aliphatic heterocycles. The second kappa shape index (κ2) is 5.75. The van der Waals surface area contributed by atoms with E-state index < -0.39 is 6.10 Å². The molecule has 1 rings (SSSR count). The summed E-state index contributed by atoms with van der Waals surface area (Å²) in [7, 11) is 0. The normalized spacial score (nSPS) is 18.2. The first-order chi connectivity index (χ1) is 5.25. The number of aliphatic imine (C=N–C) groups is 1. The zero-order valence-corrected chi connectivity index (χ0v) is 9.82. The Morgan fingerprint density at radius 2 is 2.50 bits per heavy atom. The predicted octanol–water partition coefficient (Wildman–Crippen LogP) is -0.114. The summed E-state index contributed by atoms with van der Waals surface area (Å²) in [6.07, 6.45) is 1.38. The first-order valence-electron chi connectivity index (χ1n) is 3.84. The molecule has 0 saturated carbocycles. The molecule has 0 amide bonds. The molecule has 1 unspecified atom stereocenters. The van der Waals surface area contributed by atoms with Crippen molar-refractivity contribution in [1.82, 2.24) is 4.90 Å². The van der Waals surface area contributed by atoms with Crippen LogP contribution in [0.5, 0.6) is 0 Å². The van der Waals surface area contributed by atoms with Crippen LogP contribution < -0.4 is 0 Å². The van der Waals surface area contributed by atoms with Gasteiger partial charge in [-0.15, -0.1) is 6.58 Å². The molecule has 3 nitrogen and oxygen atoms in total. The van der Waals surface area contributed by atoms with Gasteiger partial charge < -0.3 is 10.0 Å². The standard InChI is InChI=1S/C8H14N2O.Na/c1-3-5-10-6-4-9-8(10)7(2)11;/h3,7,11H,1,4-6H2,2H3;. The second-order valence-electron chi connectivity index (χ2n) is 2.65. The van der Waals surface area contributed by atoms with E-state index >= 15 is 0 Å². The van der Waals surface area contributed by atoms with Crippen LogP contribution >= 0.6 is 0 Å². The summed E-state index contributed by atoms with van der Waals surface area (Å²) >= 11 is 0. The van der Waals surface area contributed by atoms with E-state index in [2.05, 4.69) is 11.6 Å². The summed E-state index contributed by atoms with van der Waals surface area (Å²) in [5, 5.41) is 9.24. The number of aliphatic hydroxyl groups excluding tert-OH is 1. The van der Waals surface area contributed by atoms with Crippen molar-refractivity contribution in [2.24, 2.45) is 4.99 Å². The Balaban J connectivity index is 0.00000121. The van der Waals surface area contributed by atoms with Crippen LogP contribution in [0.2, 0.25) is 0 Å². The molecular formula is C8H14N2NaO. The van der Waals surface area contributed by atoms with E-state index in [-0.39, 0.29) is 29.6 Å². The van der Waals surface area contributed by atoms with Crippen LogP contribution in [0.4, 0.5) is 0 Å². The van der Waals surface area contributed by atoms with E-state index in [1.54, 1.807) is 6.92 Å². The summed E-state index contributed by atoms with van der Waals surface area (Å²) in [4.78, 5) is 6.22. The van der Waals surface area contributed by atoms with Crippen molar-refractivity contribution in [2.75, 3.05) is 19.6 Å². The molecule has 1 radical (unpaired) electrons. The first kappa shape index (κ1) is 12.2. The summed E-state index contributed by atoms with van der Waals surface area (Å²) in [6, 6.07) is 0. The third-order valence-corrected chi connectivity index (χ3v) is 1.69. The van der Waals surface area contributed by atoms with Gasteiger partial charge in [-0.3, -0.25) is 4.99 Å². The predicted molar refractivity (Wildman–Crippen MR) is 51.5 cm³/mol. The maximum atomic E-state index is 9.24. The van der Waals surface area contributed by atoms with E-state index in [0.29, 0.717) is 0 Å². The fourth-order valence-corrected chi connectivity index (χ4v) is 1.24. The Labute approximate surface area is 95.5 Å². The van der Waals surface area contributed by atoms with E-state index in [9.17, 15) is 5.11 Å². The van der Waals surface area contributed by atoms with Gasteiger partial charge in [0.2, 0.25) is 0 Å². The van der Waals surface area contributed by atoms with Crippen molar-refractivity contribution in [3.05, 3.63) is 12.7 Å². The molecule has 0 aromatic carbocycles. The molecule has 0 aromatic heterocycles. The number of hydrogen-bond donors (Lipinski definition) is 1. The molecule has 12 heavy (non-hydrogen) atoms. The van der Waals surface area contributed by atoms with Gasteiger partial charge in [0.15, 0.2) is 0 Å². The fourth-order valence-electron chi connectivity index (χ4n) is 1.24. The minimum atomic E-state index is -0.447. The fraction of sp³-hybridized carbons (Fsp3) is 0.625. The molecule has 0 aliphatic carbocycles. The van der Waals surface area contributed by atoms with Gasteiger partial charge in [0, 0.05) is 42.6 Å². The molecule has 0 bridgehead atoms. The van der Waals surface area contributed by atoms with Crippen LogP contribution in [-0.2, 0) is 0 Å². The number of aliphatic hydroxyl groups is 1. The van der Waals surface area contributed by atoms with Crippen LogP contribution in [0.15, 0.2) is 17.6 Å². The van der Waals surface area contributed by atoms with Gasteiger partial charge in [-0.1, -0.05) is 6.08 Å². The van der Waals surface area contributed by atoms with Gasteiger partial charge in [-0.05, 0) is 6.92 Å². The largest absolute Gasteiger partial charge is 0.385 e. The zero-order valence-electron chi connectivity index (χ0n) is 7.82. The Morgan fingerprint density at radius 1 is 1.83 bits per heavy atom.